The molecule has 0 unspecified atom stereocenters. The molecule has 5 nitrogen and oxygen atoms in total. The number of thiazole rings is 1. The summed E-state index contributed by atoms with van der Waals surface area (Å²) in [5, 5.41) is 1.08. The predicted molar refractivity (Wildman–Crippen MR) is 67.5 cm³/mol. The quantitative estimate of drug-likeness (QED) is 0.746. The first-order valence-corrected chi connectivity index (χ1v) is 6.47. The van der Waals surface area contributed by atoms with E-state index in [1.54, 1.807) is 11.3 Å². The molecule has 1 aliphatic rings. The monoisotopic (exact) mass is 255 g/mol. The molecule has 0 aliphatic carbocycles. The number of carbonyl (C=O) groups is 1. The second-order valence-electron chi connectivity index (χ2n) is 4.09. The topological polar surface area (TPSA) is 45.7 Å². The molecule has 1 aromatic heterocycles. The first kappa shape index (κ1) is 12.3. The zero-order chi connectivity index (χ0) is 12.3. The van der Waals surface area contributed by atoms with Crippen LogP contribution in [-0.2, 0) is 9.53 Å². The van der Waals surface area contributed by atoms with Gasteiger partial charge in [-0.3, -0.25) is 9.69 Å². The molecule has 0 bridgehead atoms. The lowest BCUT2D eigenvalue weighted by Crippen LogP contribution is -2.48. The lowest BCUT2D eigenvalue weighted by Gasteiger charge is -2.33. The Kier molecular flexibility index (Phi) is 3.96. The fourth-order valence-electron chi connectivity index (χ4n) is 1.83. The van der Waals surface area contributed by atoms with E-state index < -0.39 is 0 Å². The Morgan fingerprint density at radius 1 is 1.47 bits per heavy atom. The number of aryl methyl sites for hydroxylation is 1. The normalized spacial score (nSPS) is 17.2. The number of methoxy groups -OCH3 is 1. The highest BCUT2D eigenvalue weighted by Crippen LogP contribution is 2.22. The van der Waals surface area contributed by atoms with E-state index in [0.717, 1.165) is 31.3 Å². The molecule has 2 rings (SSSR count). The highest BCUT2D eigenvalue weighted by molar-refractivity contribution is 7.15. The van der Waals surface area contributed by atoms with Gasteiger partial charge >= 0.3 is 5.97 Å². The highest BCUT2D eigenvalue weighted by atomic mass is 32.1. The average molecular weight is 255 g/mol. The molecule has 6 heteroatoms. The third-order valence-corrected chi connectivity index (χ3v) is 3.81. The zero-order valence-corrected chi connectivity index (χ0v) is 11.0. The molecule has 2 heterocycles. The molecule has 0 atom stereocenters. The van der Waals surface area contributed by atoms with Crippen LogP contribution in [0.3, 0.4) is 0 Å². The van der Waals surface area contributed by atoms with Gasteiger partial charge in [-0.1, -0.05) is 0 Å². The third kappa shape index (κ3) is 3.17. The minimum Gasteiger partial charge on any atom is -0.468 e. The summed E-state index contributed by atoms with van der Waals surface area (Å²) in [6.07, 6.45) is 1.90. The van der Waals surface area contributed by atoms with Crippen molar-refractivity contribution in [3.05, 3.63) is 11.1 Å². The van der Waals surface area contributed by atoms with Crippen LogP contribution in [0.5, 0.6) is 0 Å². The van der Waals surface area contributed by atoms with Crippen molar-refractivity contribution >= 4 is 22.4 Å². The van der Waals surface area contributed by atoms with Gasteiger partial charge in [0.05, 0.1) is 13.7 Å². The van der Waals surface area contributed by atoms with Gasteiger partial charge in [-0.05, 0) is 6.92 Å². The standard InChI is InChI=1S/C11H17N3O2S/c1-9-7-12-11(17-9)14-5-3-13(4-6-14)8-10(15)16-2/h7H,3-6,8H2,1-2H3. The summed E-state index contributed by atoms with van der Waals surface area (Å²) >= 11 is 1.72. The maximum Gasteiger partial charge on any atom is 0.319 e. The van der Waals surface area contributed by atoms with Crippen LogP contribution in [0.4, 0.5) is 5.13 Å². The van der Waals surface area contributed by atoms with E-state index in [-0.39, 0.29) is 5.97 Å². The van der Waals surface area contributed by atoms with Crippen LogP contribution in [0.2, 0.25) is 0 Å². The minimum atomic E-state index is -0.163. The van der Waals surface area contributed by atoms with E-state index in [2.05, 4.69) is 26.4 Å². The number of hydrogen-bond donors (Lipinski definition) is 0. The molecule has 0 radical (unpaired) electrons. The van der Waals surface area contributed by atoms with Crippen molar-refractivity contribution in [3.8, 4) is 0 Å². The van der Waals surface area contributed by atoms with Gasteiger partial charge in [-0.25, -0.2) is 4.98 Å². The summed E-state index contributed by atoms with van der Waals surface area (Å²) in [4.78, 5) is 21.1. The van der Waals surface area contributed by atoms with Crippen LogP contribution in [0, 0.1) is 6.92 Å². The molecule has 1 aromatic rings. The predicted octanol–water partition coefficient (Wildman–Crippen LogP) is 0.747. The summed E-state index contributed by atoms with van der Waals surface area (Å²) in [7, 11) is 1.43. The number of carbonyl (C=O) groups excluding carboxylic acids is 1. The first-order valence-electron chi connectivity index (χ1n) is 5.65. The van der Waals surface area contributed by atoms with Crippen molar-refractivity contribution < 1.29 is 9.53 Å². The SMILES string of the molecule is COC(=O)CN1CCN(c2ncc(C)s2)CC1. The molecule has 0 aromatic carbocycles. The molecular formula is C11H17N3O2S. The van der Waals surface area contributed by atoms with Crippen LogP contribution < -0.4 is 4.90 Å². The van der Waals surface area contributed by atoms with E-state index >= 15 is 0 Å². The molecular weight excluding hydrogens is 238 g/mol. The fourth-order valence-corrected chi connectivity index (χ4v) is 2.64. The molecule has 1 saturated heterocycles. The molecule has 17 heavy (non-hydrogen) atoms. The zero-order valence-electron chi connectivity index (χ0n) is 10.2. The second kappa shape index (κ2) is 5.46. The van der Waals surface area contributed by atoms with E-state index in [1.165, 1.54) is 12.0 Å². The van der Waals surface area contributed by atoms with Crippen molar-refractivity contribution in [2.45, 2.75) is 6.92 Å². The number of esters is 1. The Morgan fingerprint density at radius 2 is 2.18 bits per heavy atom. The van der Waals surface area contributed by atoms with Crippen molar-refractivity contribution in [2.75, 3.05) is 44.7 Å². The van der Waals surface area contributed by atoms with Crippen LogP contribution in [-0.4, -0.2) is 55.7 Å². The fraction of sp³-hybridized carbons (Fsp3) is 0.636. The van der Waals surface area contributed by atoms with Gasteiger partial charge in [-0.2, -0.15) is 0 Å². The Morgan fingerprint density at radius 3 is 2.71 bits per heavy atom. The van der Waals surface area contributed by atoms with Gasteiger partial charge in [0.1, 0.15) is 0 Å². The van der Waals surface area contributed by atoms with E-state index in [0.29, 0.717) is 6.54 Å². The lowest BCUT2D eigenvalue weighted by atomic mass is 10.3. The molecule has 0 amide bonds. The van der Waals surface area contributed by atoms with Gasteiger partial charge in [-0.15, -0.1) is 11.3 Å². The summed E-state index contributed by atoms with van der Waals surface area (Å²) in [6, 6.07) is 0. The van der Waals surface area contributed by atoms with Gasteiger partial charge in [0, 0.05) is 37.3 Å². The van der Waals surface area contributed by atoms with Crippen LogP contribution in [0.15, 0.2) is 6.20 Å². The summed E-state index contributed by atoms with van der Waals surface area (Å²) in [5.74, 6) is -0.163. The van der Waals surface area contributed by atoms with Crippen molar-refractivity contribution in [3.63, 3.8) is 0 Å². The number of piperazine rings is 1. The number of nitrogens with zero attached hydrogens (tertiary/aromatic N) is 3. The van der Waals surface area contributed by atoms with Gasteiger partial charge in [0.2, 0.25) is 0 Å². The molecule has 1 fully saturated rings. The number of ether oxygens (including phenoxy) is 1. The van der Waals surface area contributed by atoms with Gasteiger partial charge in [0.25, 0.3) is 0 Å². The van der Waals surface area contributed by atoms with Crippen LogP contribution >= 0.6 is 11.3 Å². The van der Waals surface area contributed by atoms with Gasteiger partial charge < -0.3 is 9.64 Å². The number of aromatic nitrogens is 1. The number of rotatable bonds is 3. The second-order valence-corrected chi connectivity index (χ2v) is 5.31. The van der Waals surface area contributed by atoms with E-state index in [1.807, 2.05) is 6.20 Å². The maximum absolute atomic E-state index is 11.1. The van der Waals surface area contributed by atoms with E-state index in [9.17, 15) is 4.79 Å². The van der Waals surface area contributed by atoms with Gasteiger partial charge in [0.15, 0.2) is 5.13 Å². The molecule has 0 N–H and O–H groups in total. The summed E-state index contributed by atoms with van der Waals surface area (Å²) in [5.41, 5.74) is 0. The Balaban J connectivity index is 1.84. The Labute approximate surface area is 105 Å². The largest absolute Gasteiger partial charge is 0.468 e. The molecule has 0 saturated carbocycles. The Bertz CT molecular complexity index is 386. The molecule has 94 valence electrons. The average Bonchev–Trinajstić information content (AvgIpc) is 2.77. The minimum absolute atomic E-state index is 0.163. The number of anilines is 1. The molecule has 1 aliphatic heterocycles. The Hall–Kier alpha value is -1.14. The summed E-state index contributed by atoms with van der Waals surface area (Å²) in [6.45, 7) is 6.06. The lowest BCUT2D eigenvalue weighted by molar-refractivity contribution is -0.142. The van der Waals surface area contributed by atoms with Crippen molar-refractivity contribution in [2.24, 2.45) is 0 Å². The highest BCUT2D eigenvalue weighted by Gasteiger charge is 2.20. The van der Waals surface area contributed by atoms with Crippen LogP contribution in [0.25, 0.3) is 0 Å². The number of hydrogen-bond acceptors (Lipinski definition) is 6. The third-order valence-electron chi connectivity index (χ3n) is 2.83. The first-order chi connectivity index (χ1) is 8.19. The van der Waals surface area contributed by atoms with E-state index in [4.69, 9.17) is 0 Å². The van der Waals surface area contributed by atoms with Crippen LogP contribution in [0.1, 0.15) is 4.88 Å². The van der Waals surface area contributed by atoms with Crippen molar-refractivity contribution in [1.29, 1.82) is 0 Å². The van der Waals surface area contributed by atoms with Crippen molar-refractivity contribution in [1.82, 2.24) is 9.88 Å². The maximum atomic E-state index is 11.1. The summed E-state index contributed by atoms with van der Waals surface area (Å²) < 4.78 is 4.66. The smallest absolute Gasteiger partial charge is 0.319 e. The molecule has 0 spiro atoms.